The van der Waals surface area contributed by atoms with E-state index in [9.17, 15) is 13.2 Å². The van der Waals surface area contributed by atoms with Crippen LogP contribution in [0.25, 0.3) is 0 Å². The van der Waals surface area contributed by atoms with E-state index in [2.05, 4.69) is 4.18 Å². The Morgan fingerprint density at radius 1 is 1.57 bits per heavy atom. The molecule has 14 heavy (non-hydrogen) atoms. The van der Waals surface area contributed by atoms with Crippen LogP contribution in [0.4, 0.5) is 0 Å². The maximum Gasteiger partial charge on any atom is 0.330 e. The van der Waals surface area contributed by atoms with Crippen molar-refractivity contribution in [2.45, 2.75) is 19.4 Å². The van der Waals surface area contributed by atoms with Crippen LogP contribution in [0, 0.1) is 0 Å². The smallest absolute Gasteiger partial charge is 0.330 e. The van der Waals surface area contributed by atoms with E-state index in [0.717, 1.165) is 0 Å². The summed E-state index contributed by atoms with van der Waals surface area (Å²) in [6.45, 7) is 1.76. The van der Waals surface area contributed by atoms with Crippen LogP contribution in [-0.4, -0.2) is 32.9 Å². The summed E-state index contributed by atoms with van der Waals surface area (Å²) in [6.07, 6.45) is 2.62. The molecule has 1 aliphatic rings. The van der Waals surface area contributed by atoms with E-state index in [-0.39, 0.29) is 12.4 Å². The molecule has 0 bridgehead atoms. The molecule has 0 aliphatic carbocycles. The molecule has 0 spiro atoms. The average Bonchev–Trinajstić information content (AvgIpc) is 2.02. The quantitative estimate of drug-likeness (QED) is 0.378. The van der Waals surface area contributed by atoms with Crippen molar-refractivity contribution in [3.05, 3.63) is 12.2 Å². The Bertz CT molecular complexity index is 330. The molecule has 1 unspecified atom stereocenters. The van der Waals surface area contributed by atoms with Gasteiger partial charge in [0.1, 0.15) is 11.9 Å². The molecular weight excluding hydrogens is 208 g/mol. The third-order valence-corrected chi connectivity index (χ3v) is 2.98. The molecule has 0 N–H and O–H groups in total. The predicted molar refractivity (Wildman–Crippen MR) is 49.0 cm³/mol. The number of carbonyl (C=O) groups excluding carboxylic acids is 1. The highest BCUT2D eigenvalue weighted by Gasteiger charge is 2.27. The van der Waals surface area contributed by atoms with Gasteiger partial charge in [0, 0.05) is 12.5 Å². The summed E-state index contributed by atoms with van der Waals surface area (Å²) >= 11 is 0. The predicted octanol–water partition coefficient (Wildman–Crippen LogP) is 0.224. The molecular formula is C8H12O5S. The van der Waals surface area contributed by atoms with Crippen LogP contribution in [0.3, 0.4) is 0 Å². The summed E-state index contributed by atoms with van der Waals surface area (Å²) < 4.78 is 31.3. The molecule has 80 valence electrons. The summed E-state index contributed by atoms with van der Waals surface area (Å²) in [6, 6.07) is 0. The SMILES string of the molecule is C/C=C/C(=O)OC1CCOS(=O)(=O)C1. The van der Waals surface area contributed by atoms with Gasteiger partial charge in [0.25, 0.3) is 10.1 Å². The van der Waals surface area contributed by atoms with Gasteiger partial charge in [-0.25, -0.2) is 4.79 Å². The fourth-order valence-electron chi connectivity index (χ4n) is 1.10. The van der Waals surface area contributed by atoms with Gasteiger partial charge in [-0.15, -0.1) is 0 Å². The molecule has 6 heteroatoms. The highest BCUT2D eigenvalue weighted by Crippen LogP contribution is 2.12. The molecule has 0 saturated carbocycles. The molecule has 0 radical (unpaired) electrons. The molecule has 0 amide bonds. The lowest BCUT2D eigenvalue weighted by molar-refractivity contribution is -0.142. The van der Waals surface area contributed by atoms with Crippen LogP contribution in [0.2, 0.25) is 0 Å². The van der Waals surface area contributed by atoms with E-state index in [0.29, 0.717) is 6.42 Å². The standard InChI is InChI=1S/C8H12O5S/c1-2-3-8(9)13-7-4-5-12-14(10,11)6-7/h2-3,7H,4-6H2,1H3/b3-2+. The lowest BCUT2D eigenvalue weighted by Gasteiger charge is -2.21. The Morgan fingerprint density at radius 3 is 2.86 bits per heavy atom. The lowest BCUT2D eigenvalue weighted by atomic mass is 10.3. The van der Waals surface area contributed by atoms with Crippen LogP contribution in [0.1, 0.15) is 13.3 Å². The number of allylic oxidation sites excluding steroid dienone is 1. The Balaban J connectivity index is 2.50. The first-order valence-corrected chi connectivity index (χ1v) is 5.81. The minimum Gasteiger partial charge on any atom is -0.458 e. The minimum atomic E-state index is -3.49. The third-order valence-electron chi connectivity index (χ3n) is 1.68. The summed E-state index contributed by atoms with van der Waals surface area (Å²) in [7, 11) is -3.49. The maximum atomic E-state index is 11.0. The highest BCUT2D eigenvalue weighted by atomic mass is 32.2. The maximum absolute atomic E-state index is 11.0. The van der Waals surface area contributed by atoms with Crippen LogP contribution in [0.15, 0.2) is 12.2 Å². The van der Waals surface area contributed by atoms with E-state index in [1.165, 1.54) is 12.2 Å². The van der Waals surface area contributed by atoms with E-state index >= 15 is 0 Å². The van der Waals surface area contributed by atoms with Gasteiger partial charge in [-0.2, -0.15) is 8.42 Å². The van der Waals surface area contributed by atoms with Crippen LogP contribution >= 0.6 is 0 Å². The van der Waals surface area contributed by atoms with Crippen LogP contribution in [-0.2, 0) is 23.8 Å². The summed E-state index contributed by atoms with van der Waals surface area (Å²) in [5, 5.41) is 0. The molecule has 1 fully saturated rings. The molecule has 5 nitrogen and oxygen atoms in total. The second-order valence-corrected chi connectivity index (χ2v) is 4.58. The van der Waals surface area contributed by atoms with Gasteiger partial charge in [-0.05, 0) is 6.92 Å². The lowest BCUT2D eigenvalue weighted by Crippen LogP contribution is -2.33. The van der Waals surface area contributed by atoms with Gasteiger partial charge >= 0.3 is 5.97 Å². The number of carbonyl (C=O) groups is 1. The van der Waals surface area contributed by atoms with Crippen molar-refractivity contribution in [3.63, 3.8) is 0 Å². The van der Waals surface area contributed by atoms with Crippen LogP contribution < -0.4 is 0 Å². The van der Waals surface area contributed by atoms with Crippen molar-refractivity contribution in [1.29, 1.82) is 0 Å². The Kier molecular flexibility index (Phi) is 3.65. The third kappa shape index (κ3) is 3.47. The number of esters is 1. The van der Waals surface area contributed by atoms with Crippen molar-refractivity contribution in [2.24, 2.45) is 0 Å². The number of ether oxygens (including phenoxy) is 1. The van der Waals surface area contributed by atoms with Gasteiger partial charge in [0.05, 0.1) is 6.61 Å². The van der Waals surface area contributed by atoms with E-state index in [1.807, 2.05) is 0 Å². The molecule has 0 aromatic carbocycles. The van der Waals surface area contributed by atoms with Crippen molar-refractivity contribution in [2.75, 3.05) is 12.4 Å². The Morgan fingerprint density at radius 2 is 2.29 bits per heavy atom. The first kappa shape index (κ1) is 11.2. The van der Waals surface area contributed by atoms with E-state index < -0.39 is 22.2 Å². The molecule has 1 heterocycles. The second-order valence-electron chi connectivity index (χ2n) is 2.89. The normalized spacial score (nSPS) is 26.2. The molecule has 0 aromatic heterocycles. The van der Waals surface area contributed by atoms with Crippen molar-refractivity contribution >= 4 is 16.1 Å². The van der Waals surface area contributed by atoms with E-state index in [4.69, 9.17) is 4.74 Å². The summed E-state index contributed by atoms with van der Waals surface area (Å²) in [5.41, 5.74) is 0. The van der Waals surface area contributed by atoms with Crippen molar-refractivity contribution in [1.82, 2.24) is 0 Å². The fourth-order valence-corrected chi connectivity index (χ4v) is 2.23. The molecule has 1 aliphatic heterocycles. The zero-order chi connectivity index (χ0) is 10.6. The number of hydrogen-bond donors (Lipinski definition) is 0. The first-order chi connectivity index (χ1) is 6.53. The molecule has 1 saturated heterocycles. The topological polar surface area (TPSA) is 69.7 Å². The monoisotopic (exact) mass is 220 g/mol. The van der Waals surface area contributed by atoms with Gasteiger partial charge in [-0.1, -0.05) is 6.08 Å². The summed E-state index contributed by atoms with van der Waals surface area (Å²) in [4.78, 5) is 11.0. The van der Waals surface area contributed by atoms with Crippen molar-refractivity contribution in [3.8, 4) is 0 Å². The highest BCUT2D eigenvalue weighted by molar-refractivity contribution is 7.86. The van der Waals surface area contributed by atoms with Gasteiger partial charge < -0.3 is 4.74 Å². The second kappa shape index (κ2) is 4.56. The largest absolute Gasteiger partial charge is 0.458 e. The van der Waals surface area contributed by atoms with Crippen LogP contribution in [0.5, 0.6) is 0 Å². The molecule has 0 aromatic rings. The Labute approximate surface area is 82.8 Å². The zero-order valence-electron chi connectivity index (χ0n) is 7.80. The Hall–Kier alpha value is -0.880. The number of hydrogen-bond acceptors (Lipinski definition) is 5. The number of rotatable bonds is 2. The molecule has 1 rings (SSSR count). The molecule has 1 atom stereocenters. The summed E-state index contributed by atoms with van der Waals surface area (Å²) in [5.74, 6) is -0.773. The van der Waals surface area contributed by atoms with E-state index in [1.54, 1.807) is 6.92 Å². The van der Waals surface area contributed by atoms with Gasteiger partial charge in [0.15, 0.2) is 0 Å². The minimum absolute atomic E-state index is 0.0795. The van der Waals surface area contributed by atoms with Crippen molar-refractivity contribution < 1.29 is 22.1 Å². The average molecular weight is 220 g/mol. The first-order valence-electron chi connectivity index (χ1n) is 4.24. The fraction of sp³-hybridized carbons (Fsp3) is 0.625. The zero-order valence-corrected chi connectivity index (χ0v) is 8.62. The van der Waals surface area contributed by atoms with Gasteiger partial charge in [-0.3, -0.25) is 4.18 Å². The van der Waals surface area contributed by atoms with Gasteiger partial charge in [0.2, 0.25) is 0 Å².